The molecular formula is C52H102O2. The number of rotatable bonds is 47. The van der Waals surface area contributed by atoms with E-state index >= 15 is 0 Å². The number of hydrogen-bond acceptors (Lipinski definition) is 2. The second-order valence-corrected chi connectivity index (χ2v) is 18.0. The third kappa shape index (κ3) is 49.2. The van der Waals surface area contributed by atoms with Gasteiger partial charge in [0, 0.05) is 6.42 Å². The quantitative estimate of drug-likeness (QED) is 0.0351. The smallest absolute Gasteiger partial charge is 0.305 e. The first-order chi connectivity index (χ1) is 26.7. The minimum Gasteiger partial charge on any atom is -0.466 e. The molecule has 0 bridgehead atoms. The van der Waals surface area contributed by atoms with Crippen molar-refractivity contribution < 1.29 is 9.53 Å². The van der Waals surface area contributed by atoms with E-state index in [4.69, 9.17) is 4.74 Å². The molecule has 0 atom stereocenters. The van der Waals surface area contributed by atoms with Crippen LogP contribution in [0.3, 0.4) is 0 Å². The van der Waals surface area contributed by atoms with E-state index in [2.05, 4.69) is 32.9 Å². The van der Waals surface area contributed by atoms with Crippen molar-refractivity contribution in [2.75, 3.05) is 6.61 Å². The zero-order valence-electron chi connectivity index (χ0n) is 37.9. The van der Waals surface area contributed by atoms with Crippen LogP contribution < -0.4 is 0 Å². The van der Waals surface area contributed by atoms with E-state index in [0.717, 1.165) is 25.2 Å². The number of esters is 1. The molecule has 322 valence electrons. The maximum atomic E-state index is 12.0. The summed E-state index contributed by atoms with van der Waals surface area (Å²) < 4.78 is 5.48. The second-order valence-electron chi connectivity index (χ2n) is 18.0. The molecule has 0 aromatic rings. The predicted octanol–water partition coefficient (Wildman–Crippen LogP) is 18.9. The molecule has 0 amide bonds. The predicted molar refractivity (Wildman–Crippen MR) is 244 cm³/mol. The second kappa shape index (κ2) is 48.4. The molecule has 0 aromatic carbocycles. The van der Waals surface area contributed by atoms with Gasteiger partial charge in [-0.2, -0.15) is 0 Å². The molecule has 0 saturated carbocycles. The van der Waals surface area contributed by atoms with Crippen molar-refractivity contribution in [1.29, 1.82) is 0 Å². The van der Waals surface area contributed by atoms with E-state index in [9.17, 15) is 4.79 Å². The average Bonchev–Trinajstić information content (AvgIpc) is 3.16. The first-order valence-corrected chi connectivity index (χ1v) is 25.5. The molecule has 0 unspecified atom stereocenters. The molecule has 0 aliphatic carbocycles. The zero-order valence-corrected chi connectivity index (χ0v) is 37.9. The third-order valence-corrected chi connectivity index (χ3v) is 11.8. The van der Waals surface area contributed by atoms with Crippen LogP contribution in [0.4, 0.5) is 0 Å². The van der Waals surface area contributed by atoms with Crippen molar-refractivity contribution >= 4 is 5.97 Å². The lowest BCUT2D eigenvalue weighted by Gasteiger charge is -2.06. The minimum atomic E-state index is 0.0214. The zero-order chi connectivity index (χ0) is 39.1. The van der Waals surface area contributed by atoms with Gasteiger partial charge in [-0.25, -0.2) is 0 Å². The van der Waals surface area contributed by atoms with Crippen molar-refractivity contribution in [1.82, 2.24) is 0 Å². The van der Waals surface area contributed by atoms with Crippen molar-refractivity contribution in [2.45, 2.75) is 303 Å². The Balaban J connectivity index is 3.15. The van der Waals surface area contributed by atoms with Crippen molar-refractivity contribution in [3.8, 4) is 0 Å². The molecule has 0 aliphatic heterocycles. The number of allylic oxidation sites excluding steroid dienone is 2. The Kier molecular flexibility index (Phi) is 47.7. The maximum absolute atomic E-state index is 12.0. The Hall–Kier alpha value is -0.790. The lowest BCUT2D eigenvalue weighted by atomic mass is 10.0. The Morgan fingerprint density at radius 1 is 0.370 bits per heavy atom. The molecule has 0 N–H and O–H groups in total. The summed E-state index contributed by atoms with van der Waals surface area (Å²) in [5.74, 6) is 0.910. The minimum absolute atomic E-state index is 0.0214. The SMILES string of the molecule is CCCCCCCC/C=C\CCCCCCCC(=O)OCCCCCCCCCCCCCCCCCCCCCCCCCCCCCCCC(C)C. The topological polar surface area (TPSA) is 26.3 Å². The summed E-state index contributed by atoms with van der Waals surface area (Å²) in [6, 6.07) is 0. The normalized spacial score (nSPS) is 11.8. The highest BCUT2D eigenvalue weighted by Gasteiger charge is 2.03. The van der Waals surface area contributed by atoms with Gasteiger partial charge in [-0.3, -0.25) is 4.79 Å². The van der Waals surface area contributed by atoms with Crippen LogP contribution in [0.25, 0.3) is 0 Å². The molecule has 54 heavy (non-hydrogen) atoms. The van der Waals surface area contributed by atoms with E-state index in [1.807, 2.05) is 0 Å². The maximum Gasteiger partial charge on any atom is 0.305 e. The standard InChI is InChI=1S/C52H102O2/c1-4-5-6-7-8-9-10-11-27-31-34-37-40-43-46-49-52(53)54-50-47-44-41-38-35-32-29-26-24-22-20-18-16-14-12-13-15-17-19-21-23-25-28-30-33-36-39-42-45-48-51(2)3/h11,27,51H,4-10,12-26,28-50H2,1-3H3/b27-11-. The van der Waals surface area contributed by atoms with Gasteiger partial charge in [0.15, 0.2) is 0 Å². The van der Waals surface area contributed by atoms with Crippen molar-refractivity contribution in [3.63, 3.8) is 0 Å². The van der Waals surface area contributed by atoms with Gasteiger partial charge < -0.3 is 4.74 Å². The summed E-state index contributed by atoms with van der Waals surface area (Å²) in [6.07, 6.45) is 65.0. The summed E-state index contributed by atoms with van der Waals surface area (Å²) in [6.45, 7) is 7.61. The summed E-state index contributed by atoms with van der Waals surface area (Å²) in [4.78, 5) is 12.0. The van der Waals surface area contributed by atoms with Gasteiger partial charge in [0.05, 0.1) is 6.61 Å². The fraction of sp³-hybridized carbons (Fsp3) is 0.942. The van der Waals surface area contributed by atoms with E-state index < -0.39 is 0 Å². The van der Waals surface area contributed by atoms with Gasteiger partial charge in [-0.05, 0) is 44.4 Å². The van der Waals surface area contributed by atoms with Crippen LogP contribution in [-0.4, -0.2) is 12.6 Å². The third-order valence-electron chi connectivity index (χ3n) is 11.8. The van der Waals surface area contributed by atoms with Gasteiger partial charge in [0.25, 0.3) is 0 Å². The first-order valence-electron chi connectivity index (χ1n) is 25.5. The molecule has 0 heterocycles. The Morgan fingerprint density at radius 2 is 0.648 bits per heavy atom. The van der Waals surface area contributed by atoms with Gasteiger partial charge in [0.2, 0.25) is 0 Å². The fourth-order valence-electron chi connectivity index (χ4n) is 8.03. The van der Waals surface area contributed by atoms with E-state index in [-0.39, 0.29) is 5.97 Å². The molecule has 0 aromatic heterocycles. The van der Waals surface area contributed by atoms with Gasteiger partial charge in [-0.15, -0.1) is 0 Å². The molecule has 0 aliphatic rings. The summed E-state index contributed by atoms with van der Waals surface area (Å²) >= 11 is 0. The molecule has 0 saturated heterocycles. The van der Waals surface area contributed by atoms with E-state index in [1.165, 1.54) is 257 Å². The first kappa shape index (κ1) is 53.2. The highest BCUT2D eigenvalue weighted by Crippen LogP contribution is 2.17. The molecule has 0 radical (unpaired) electrons. The van der Waals surface area contributed by atoms with Crippen LogP contribution in [0.5, 0.6) is 0 Å². The van der Waals surface area contributed by atoms with E-state index in [1.54, 1.807) is 0 Å². The largest absolute Gasteiger partial charge is 0.466 e. The Bertz CT molecular complexity index is 711. The highest BCUT2D eigenvalue weighted by molar-refractivity contribution is 5.69. The molecule has 0 rings (SSSR count). The molecule has 2 heteroatoms. The lowest BCUT2D eigenvalue weighted by molar-refractivity contribution is -0.143. The molecule has 0 spiro atoms. The summed E-state index contributed by atoms with van der Waals surface area (Å²) in [5.41, 5.74) is 0. The monoisotopic (exact) mass is 759 g/mol. The van der Waals surface area contributed by atoms with Crippen LogP contribution in [0, 0.1) is 5.92 Å². The van der Waals surface area contributed by atoms with E-state index in [0.29, 0.717) is 13.0 Å². The van der Waals surface area contributed by atoms with Crippen LogP contribution >= 0.6 is 0 Å². The average molecular weight is 759 g/mol. The van der Waals surface area contributed by atoms with Gasteiger partial charge in [0.1, 0.15) is 0 Å². The Morgan fingerprint density at radius 3 is 0.981 bits per heavy atom. The van der Waals surface area contributed by atoms with Gasteiger partial charge in [-0.1, -0.05) is 270 Å². The summed E-state index contributed by atoms with van der Waals surface area (Å²) in [5, 5.41) is 0. The molecular weight excluding hydrogens is 657 g/mol. The van der Waals surface area contributed by atoms with Gasteiger partial charge >= 0.3 is 5.97 Å². The number of carbonyl (C=O) groups excluding carboxylic acids is 1. The Labute approximate surface area is 342 Å². The van der Waals surface area contributed by atoms with Crippen LogP contribution in [-0.2, 0) is 9.53 Å². The lowest BCUT2D eigenvalue weighted by Crippen LogP contribution is -2.05. The van der Waals surface area contributed by atoms with Crippen molar-refractivity contribution in [2.24, 2.45) is 5.92 Å². The number of carbonyl (C=O) groups is 1. The number of hydrogen-bond donors (Lipinski definition) is 0. The fourth-order valence-corrected chi connectivity index (χ4v) is 8.03. The number of ether oxygens (including phenoxy) is 1. The molecule has 2 nitrogen and oxygen atoms in total. The number of unbranched alkanes of at least 4 members (excludes halogenated alkanes) is 39. The van der Waals surface area contributed by atoms with Crippen LogP contribution in [0.15, 0.2) is 12.2 Å². The molecule has 0 fully saturated rings. The summed E-state index contributed by atoms with van der Waals surface area (Å²) in [7, 11) is 0. The highest BCUT2D eigenvalue weighted by atomic mass is 16.5. The van der Waals surface area contributed by atoms with Crippen LogP contribution in [0.2, 0.25) is 0 Å². The van der Waals surface area contributed by atoms with Crippen molar-refractivity contribution in [3.05, 3.63) is 12.2 Å². The van der Waals surface area contributed by atoms with Crippen LogP contribution in [0.1, 0.15) is 303 Å².